The second kappa shape index (κ2) is 5.89. The number of carboxylic acid groups (broad SMARTS) is 1. The number of hydrogen-bond donors (Lipinski definition) is 2. The Kier molecular flexibility index (Phi) is 4.02. The molecule has 20 heavy (non-hydrogen) atoms. The van der Waals surface area contributed by atoms with Gasteiger partial charge in [0.1, 0.15) is 0 Å². The van der Waals surface area contributed by atoms with E-state index in [0.29, 0.717) is 5.56 Å². The largest absolute Gasteiger partial charge is 0.465 e. The van der Waals surface area contributed by atoms with E-state index in [0.717, 1.165) is 22.3 Å². The van der Waals surface area contributed by atoms with Gasteiger partial charge in [0.05, 0.1) is 11.6 Å². The van der Waals surface area contributed by atoms with E-state index in [1.165, 1.54) is 0 Å². The van der Waals surface area contributed by atoms with Crippen molar-refractivity contribution < 1.29 is 9.90 Å². The van der Waals surface area contributed by atoms with Gasteiger partial charge in [0.25, 0.3) is 0 Å². The van der Waals surface area contributed by atoms with Gasteiger partial charge < -0.3 is 10.4 Å². The van der Waals surface area contributed by atoms with Crippen LogP contribution < -0.4 is 5.32 Å². The Bertz CT molecular complexity index is 687. The Hall–Kier alpha value is -2.80. The lowest BCUT2D eigenvalue weighted by Gasteiger charge is -2.09. The van der Waals surface area contributed by atoms with Gasteiger partial charge >= 0.3 is 6.09 Å². The highest BCUT2D eigenvalue weighted by Crippen LogP contribution is 2.26. The van der Waals surface area contributed by atoms with Crippen molar-refractivity contribution in [1.29, 1.82) is 5.26 Å². The summed E-state index contributed by atoms with van der Waals surface area (Å²) >= 11 is 0. The predicted octanol–water partition coefficient (Wildman–Crippen LogP) is 3.30. The number of hydrogen-bond acceptors (Lipinski definition) is 2. The van der Waals surface area contributed by atoms with E-state index >= 15 is 0 Å². The maximum Gasteiger partial charge on any atom is 0.404 e. The van der Waals surface area contributed by atoms with E-state index in [2.05, 4.69) is 11.4 Å². The van der Waals surface area contributed by atoms with Crippen LogP contribution in [0.1, 0.15) is 16.7 Å². The van der Waals surface area contributed by atoms with E-state index in [1.54, 1.807) is 6.07 Å². The van der Waals surface area contributed by atoms with E-state index in [9.17, 15) is 4.79 Å². The highest BCUT2D eigenvalue weighted by atomic mass is 16.4. The lowest BCUT2D eigenvalue weighted by molar-refractivity contribution is 0.194. The standard InChI is InChI=1S/C16H14N2O2/c1-11-14(9-17)6-3-7-15(11)13-5-2-4-12(8-13)10-18-16(19)20/h2-8,18H,10H2,1H3,(H,19,20). The third-order valence-electron chi connectivity index (χ3n) is 3.14. The van der Waals surface area contributed by atoms with E-state index < -0.39 is 6.09 Å². The molecular weight excluding hydrogens is 252 g/mol. The van der Waals surface area contributed by atoms with Gasteiger partial charge in [0.15, 0.2) is 0 Å². The molecule has 0 radical (unpaired) electrons. The maximum absolute atomic E-state index is 10.5. The fourth-order valence-corrected chi connectivity index (χ4v) is 2.10. The van der Waals surface area contributed by atoms with Crippen LogP contribution in [0.25, 0.3) is 11.1 Å². The molecule has 0 heterocycles. The van der Waals surface area contributed by atoms with Crippen molar-refractivity contribution in [3.8, 4) is 17.2 Å². The number of nitriles is 1. The molecule has 0 aromatic heterocycles. The fraction of sp³-hybridized carbons (Fsp3) is 0.125. The van der Waals surface area contributed by atoms with Gasteiger partial charge in [-0.15, -0.1) is 0 Å². The first-order chi connectivity index (χ1) is 9.61. The molecule has 0 unspecified atom stereocenters. The highest BCUT2D eigenvalue weighted by Gasteiger charge is 2.06. The summed E-state index contributed by atoms with van der Waals surface area (Å²) in [5.74, 6) is 0. The number of carbonyl (C=O) groups is 1. The van der Waals surface area contributed by atoms with Crippen LogP contribution in [0.15, 0.2) is 42.5 Å². The van der Waals surface area contributed by atoms with E-state index in [4.69, 9.17) is 10.4 Å². The molecular formula is C16H14N2O2. The fourth-order valence-electron chi connectivity index (χ4n) is 2.10. The zero-order valence-corrected chi connectivity index (χ0v) is 11.1. The van der Waals surface area contributed by atoms with Crippen molar-refractivity contribution in [2.45, 2.75) is 13.5 Å². The molecule has 0 saturated carbocycles. The van der Waals surface area contributed by atoms with Gasteiger partial charge in [-0.2, -0.15) is 5.26 Å². The molecule has 4 heteroatoms. The Morgan fingerprint density at radius 2 is 2.05 bits per heavy atom. The first-order valence-electron chi connectivity index (χ1n) is 6.17. The zero-order chi connectivity index (χ0) is 14.5. The molecule has 0 fully saturated rings. The summed E-state index contributed by atoms with van der Waals surface area (Å²) in [4.78, 5) is 10.5. The van der Waals surface area contributed by atoms with Crippen molar-refractivity contribution >= 4 is 6.09 Å². The average Bonchev–Trinajstić information content (AvgIpc) is 2.45. The number of nitrogens with zero attached hydrogens (tertiary/aromatic N) is 1. The predicted molar refractivity (Wildman–Crippen MR) is 76.2 cm³/mol. The van der Waals surface area contributed by atoms with E-state index in [1.807, 2.05) is 43.3 Å². The van der Waals surface area contributed by atoms with Gasteiger partial charge in [0.2, 0.25) is 0 Å². The minimum atomic E-state index is -1.04. The Labute approximate surface area is 117 Å². The summed E-state index contributed by atoms with van der Waals surface area (Å²) in [5, 5.41) is 20.0. The molecule has 2 N–H and O–H groups in total. The molecule has 0 atom stereocenters. The van der Waals surface area contributed by atoms with Crippen LogP contribution in [-0.2, 0) is 6.54 Å². The zero-order valence-electron chi connectivity index (χ0n) is 11.1. The molecule has 0 aliphatic heterocycles. The summed E-state index contributed by atoms with van der Waals surface area (Å²) < 4.78 is 0. The highest BCUT2D eigenvalue weighted by molar-refractivity contribution is 5.70. The van der Waals surface area contributed by atoms with Crippen LogP contribution in [0, 0.1) is 18.3 Å². The van der Waals surface area contributed by atoms with Gasteiger partial charge in [-0.3, -0.25) is 0 Å². The minimum absolute atomic E-state index is 0.264. The SMILES string of the molecule is Cc1c(C#N)cccc1-c1cccc(CNC(=O)O)c1. The van der Waals surface area contributed by atoms with Crippen molar-refractivity contribution in [2.24, 2.45) is 0 Å². The molecule has 100 valence electrons. The topological polar surface area (TPSA) is 73.1 Å². The van der Waals surface area contributed by atoms with Crippen LogP contribution in [0.3, 0.4) is 0 Å². The molecule has 2 aromatic rings. The molecule has 0 aliphatic carbocycles. The van der Waals surface area contributed by atoms with Crippen LogP contribution in [0.4, 0.5) is 4.79 Å². The van der Waals surface area contributed by atoms with Crippen LogP contribution in [0.5, 0.6) is 0 Å². The van der Waals surface area contributed by atoms with Crippen molar-refractivity contribution in [3.05, 3.63) is 59.2 Å². The molecule has 2 aromatic carbocycles. The van der Waals surface area contributed by atoms with Gasteiger partial charge in [0, 0.05) is 6.54 Å². The summed E-state index contributed by atoms with van der Waals surface area (Å²) in [7, 11) is 0. The Balaban J connectivity index is 2.36. The van der Waals surface area contributed by atoms with Gasteiger partial charge in [-0.25, -0.2) is 4.79 Å². The van der Waals surface area contributed by atoms with E-state index in [-0.39, 0.29) is 6.54 Å². The monoisotopic (exact) mass is 266 g/mol. The first-order valence-corrected chi connectivity index (χ1v) is 6.17. The number of benzene rings is 2. The van der Waals surface area contributed by atoms with Crippen molar-refractivity contribution in [1.82, 2.24) is 5.32 Å². The van der Waals surface area contributed by atoms with Crippen molar-refractivity contribution in [2.75, 3.05) is 0 Å². The Morgan fingerprint density at radius 3 is 2.75 bits per heavy atom. The van der Waals surface area contributed by atoms with Crippen LogP contribution in [-0.4, -0.2) is 11.2 Å². The Morgan fingerprint density at radius 1 is 1.30 bits per heavy atom. The quantitative estimate of drug-likeness (QED) is 0.895. The summed E-state index contributed by atoms with van der Waals surface area (Å²) in [6, 6.07) is 15.4. The lowest BCUT2D eigenvalue weighted by Crippen LogP contribution is -2.19. The molecule has 0 saturated heterocycles. The second-order valence-electron chi connectivity index (χ2n) is 4.45. The lowest BCUT2D eigenvalue weighted by atomic mass is 9.96. The molecule has 1 amide bonds. The second-order valence-corrected chi connectivity index (χ2v) is 4.45. The molecule has 4 nitrogen and oxygen atoms in total. The normalized spacial score (nSPS) is 9.80. The van der Waals surface area contributed by atoms with Crippen LogP contribution in [0.2, 0.25) is 0 Å². The third kappa shape index (κ3) is 2.96. The first kappa shape index (κ1) is 13.6. The van der Waals surface area contributed by atoms with Crippen LogP contribution >= 0.6 is 0 Å². The molecule has 0 spiro atoms. The summed E-state index contributed by atoms with van der Waals surface area (Å²) in [6.45, 7) is 2.18. The number of rotatable bonds is 3. The minimum Gasteiger partial charge on any atom is -0.465 e. The number of amides is 1. The van der Waals surface area contributed by atoms with Gasteiger partial charge in [-0.05, 0) is 41.3 Å². The maximum atomic E-state index is 10.5. The number of nitrogens with one attached hydrogen (secondary N) is 1. The smallest absolute Gasteiger partial charge is 0.404 e. The molecule has 2 rings (SSSR count). The summed E-state index contributed by atoms with van der Waals surface area (Å²) in [5.41, 5.74) is 4.42. The van der Waals surface area contributed by atoms with Crippen molar-refractivity contribution in [3.63, 3.8) is 0 Å². The molecule has 0 bridgehead atoms. The van der Waals surface area contributed by atoms with Gasteiger partial charge in [-0.1, -0.05) is 30.3 Å². The molecule has 0 aliphatic rings. The third-order valence-corrected chi connectivity index (χ3v) is 3.14. The summed E-state index contributed by atoms with van der Waals surface area (Å²) in [6.07, 6.45) is -1.04. The average molecular weight is 266 g/mol.